The molecular weight excluding hydrogens is 268 g/mol. The third-order valence-electron chi connectivity index (χ3n) is 3.22. The number of aromatic nitrogens is 2. The average molecular weight is 284 g/mol. The molecule has 1 fully saturated rings. The second-order valence-corrected chi connectivity index (χ2v) is 4.72. The van der Waals surface area contributed by atoms with E-state index >= 15 is 0 Å². The largest absolute Gasteiger partial charge is 0.394 e. The number of rotatable bonds is 3. The van der Waals surface area contributed by atoms with Gasteiger partial charge in [-0.25, -0.2) is 4.79 Å². The van der Waals surface area contributed by atoms with Crippen LogP contribution in [0.4, 0.5) is 0 Å². The van der Waals surface area contributed by atoms with Gasteiger partial charge >= 0.3 is 5.69 Å². The van der Waals surface area contributed by atoms with E-state index in [0.717, 1.165) is 4.57 Å². The lowest BCUT2D eigenvalue weighted by atomic mass is 10.1. The second kappa shape index (κ2) is 5.33. The Morgan fingerprint density at radius 1 is 1.45 bits per heavy atom. The minimum Gasteiger partial charge on any atom is -0.394 e. The first kappa shape index (κ1) is 14.7. The molecule has 1 aromatic heterocycles. The molecule has 8 nitrogen and oxygen atoms in total. The summed E-state index contributed by atoms with van der Waals surface area (Å²) in [6.07, 6.45) is -3.69. The van der Waals surface area contributed by atoms with Crippen LogP contribution < -0.4 is 11.2 Å². The summed E-state index contributed by atoms with van der Waals surface area (Å²) in [5, 5.41) is 28.6. The maximum Gasteiger partial charge on any atom is 0.330 e. The lowest BCUT2D eigenvalue weighted by Gasteiger charge is -2.17. The molecule has 8 heteroatoms. The van der Waals surface area contributed by atoms with Crippen molar-refractivity contribution in [1.82, 2.24) is 9.55 Å². The highest BCUT2D eigenvalue weighted by Crippen LogP contribution is 2.28. The third kappa shape index (κ3) is 2.34. The van der Waals surface area contributed by atoms with Gasteiger partial charge in [0.05, 0.1) is 12.2 Å². The van der Waals surface area contributed by atoms with Gasteiger partial charge in [0.2, 0.25) is 0 Å². The van der Waals surface area contributed by atoms with Crippen LogP contribution in [0.5, 0.6) is 0 Å². The first-order chi connectivity index (χ1) is 9.36. The van der Waals surface area contributed by atoms with Crippen LogP contribution >= 0.6 is 0 Å². The summed E-state index contributed by atoms with van der Waals surface area (Å²) in [6, 6.07) is 0. The number of H-pyrrole nitrogens is 1. The minimum atomic E-state index is -1.39. The lowest BCUT2D eigenvalue weighted by molar-refractivity contribution is -0.0550. The van der Waals surface area contributed by atoms with E-state index in [1.165, 1.54) is 6.20 Å². The van der Waals surface area contributed by atoms with Crippen molar-refractivity contribution >= 4 is 5.57 Å². The summed E-state index contributed by atoms with van der Waals surface area (Å²) in [5.41, 5.74) is -0.769. The summed E-state index contributed by atoms with van der Waals surface area (Å²) in [5.74, 6) is 0. The van der Waals surface area contributed by atoms with Crippen molar-refractivity contribution in [3.8, 4) is 0 Å². The number of hydrogen-bond donors (Lipinski definition) is 4. The molecule has 0 spiro atoms. The topological polar surface area (TPSA) is 125 Å². The molecule has 20 heavy (non-hydrogen) atoms. The number of aliphatic hydroxyl groups excluding tert-OH is 3. The summed E-state index contributed by atoms with van der Waals surface area (Å²) >= 11 is 0. The van der Waals surface area contributed by atoms with Crippen LogP contribution in [0, 0.1) is 0 Å². The van der Waals surface area contributed by atoms with Crippen molar-refractivity contribution < 1.29 is 20.1 Å². The number of aliphatic hydroxyl groups is 3. The van der Waals surface area contributed by atoms with Gasteiger partial charge in [0.15, 0.2) is 6.23 Å². The van der Waals surface area contributed by atoms with E-state index in [9.17, 15) is 19.8 Å². The highest BCUT2D eigenvalue weighted by atomic mass is 16.6. The fraction of sp³-hybridized carbons (Fsp3) is 0.500. The van der Waals surface area contributed by atoms with Gasteiger partial charge in [-0.2, -0.15) is 0 Å². The standard InChI is InChI=1S/C12H16N2O6/c1-5(2)6-3-14(12(19)13-10(6)18)11-9(17)8(16)7(4-15)20-11/h3,7-9,11,15-17H,1,4H2,2H3,(H,13,18,19)/t7-,8-,9-,11-/m1/s1. The smallest absolute Gasteiger partial charge is 0.330 e. The Kier molecular flexibility index (Phi) is 3.91. The molecule has 1 aromatic rings. The van der Waals surface area contributed by atoms with Crippen molar-refractivity contribution in [2.75, 3.05) is 6.61 Å². The summed E-state index contributed by atoms with van der Waals surface area (Å²) in [6.45, 7) is 4.71. The van der Waals surface area contributed by atoms with Crippen molar-refractivity contribution in [2.45, 2.75) is 31.5 Å². The monoisotopic (exact) mass is 284 g/mol. The Morgan fingerprint density at radius 3 is 2.60 bits per heavy atom. The first-order valence-electron chi connectivity index (χ1n) is 6.00. The average Bonchev–Trinajstić information content (AvgIpc) is 2.66. The molecule has 4 atom stereocenters. The summed E-state index contributed by atoms with van der Waals surface area (Å²) < 4.78 is 6.21. The van der Waals surface area contributed by atoms with Gasteiger partial charge in [-0.15, -0.1) is 0 Å². The summed E-state index contributed by atoms with van der Waals surface area (Å²) in [4.78, 5) is 25.5. The predicted molar refractivity (Wildman–Crippen MR) is 69.0 cm³/mol. The number of ether oxygens (including phenoxy) is 1. The highest BCUT2D eigenvalue weighted by Gasteiger charge is 2.43. The zero-order chi connectivity index (χ0) is 15.0. The van der Waals surface area contributed by atoms with E-state index in [-0.39, 0.29) is 5.56 Å². The fourth-order valence-corrected chi connectivity index (χ4v) is 2.09. The van der Waals surface area contributed by atoms with E-state index in [1.807, 2.05) is 0 Å². The van der Waals surface area contributed by atoms with E-state index in [0.29, 0.717) is 5.57 Å². The SMILES string of the molecule is C=C(C)c1cn([C@@H]2O[C@H](CO)[C@@H](O)[C@H]2O)c(=O)[nH]c1=O. The Bertz CT molecular complexity index is 634. The molecule has 0 aromatic carbocycles. The number of nitrogens with zero attached hydrogens (tertiary/aromatic N) is 1. The fourth-order valence-electron chi connectivity index (χ4n) is 2.09. The second-order valence-electron chi connectivity index (χ2n) is 4.72. The Morgan fingerprint density at radius 2 is 2.10 bits per heavy atom. The molecule has 0 radical (unpaired) electrons. The molecule has 0 aliphatic carbocycles. The predicted octanol–water partition coefficient (Wildman–Crippen LogP) is -1.82. The van der Waals surface area contributed by atoms with Crippen LogP contribution in [0.15, 0.2) is 22.4 Å². The third-order valence-corrected chi connectivity index (χ3v) is 3.22. The number of hydrogen-bond acceptors (Lipinski definition) is 6. The quantitative estimate of drug-likeness (QED) is 0.518. The van der Waals surface area contributed by atoms with E-state index in [4.69, 9.17) is 9.84 Å². The highest BCUT2D eigenvalue weighted by molar-refractivity contribution is 5.59. The molecular formula is C12H16N2O6. The zero-order valence-corrected chi connectivity index (χ0v) is 10.8. The molecule has 110 valence electrons. The van der Waals surface area contributed by atoms with Gasteiger partial charge in [-0.3, -0.25) is 14.3 Å². The molecule has 0 bridgehead atoms. The van der Waals surface area contributed by atoms with Crippen LogP contribution in [0.1, 0.15) is 18.7 Å². The molecule has 0 saturated carbocycles. The summed E-state index contributed by atoms with van der Waals surface area (Å²) in [7, 11) is 0. The van der Waals surface area contributed by atoms with Gasteiger partial charge < -0.3 is 20.1 Å². The Hall–Kier alpha value is -1.74. The zero-order valence-electron chi connectivity index (χ0n) is 10.8. The maximum absolute atomic E-state index is 11.8. The normalized spacial score (nSPS) is 29.6. The van der Waals surface area contributed by atoms with Crippen LogP contribution in [-0.2, 0) is 4.74 Å². The van der Waals surface area contributed by atoms with E-state index < -0.39 is 42.4 Å². The van der Waals surface area contributed by atoms with E-state index in [2.05, 4.69) is 11.6 Å². The van der Waals surface area contributed by atoms with Crippen LogP contribution in [-0.4, -0.2) is 49.8 Å². The van der Waals surface area contributed by atoms with Crippen molar-refractivity contribution in [1.29, 1.82) is 0 Å². The molecule has 0 amide bonds. The molecule has 1 aliphatic heterocycles. The minimum absolute atomic E-state index is 0.169. The molecule has 0 unspecified atom stereocenters. The van der Waals surface area contributed by atoms with Crippen LogP contribution in [0.3, 0.4) is 0 Å². The van der Waals surface area contributed by atoms with Crippen molar-refractivity contribution in [3.63, 3.8) is 0 Å². The Balaban J connectivity index is 2.48. The van der Waals surface area contributed by atoms with Gasteiger partial charge in [0.25, 0.3) is 5.56 Å². The van der Waals surface area contributed by atoms with E-state index in [1.54, 1.807) is 6.92 Å². The Labute approximate surface area is 113 Å². The van der Waals surface area contributed by atoms with Crippen molar-refractivity contribution in [2.24, 2.45) is 0 Å². The first-order valence-corrected chi connectivity index (χ1v) is 6.00. The van der Waals surface area contributed by atoms with Gasteiger partial charge in [-0.05, 0) is 12.5 Å². The van der Waals surface area contributed by atoms with Crippen molar-refractivity contribution in [3.05, 3.63) is 39.2 Å². The van der Waals surface area contributed by atoms with Gasteiger partial charge in [-0.1, -0.05) is 6.58 Å². The molecule has 2 rings (SSSR count). The molecule has 1 saturated heterocycles. The molecule has 1 aliphatic rings. The van der Waals surface area contributed by atoms with Gasteiger partial charge in [0, 0.05) is 6.20 Å². The maximum atomic E-state index is 11.8. The lowest BCUT2D eigenvalue weighted by Crippen LogP contribution is -2.38. The van der Waals surface area contributed by atoms with Crippen LogP contribution in [0.25, 0.3) is 5.57 Å². The number of allylic oxidation sites excluding steroid dienone is 1. The molecule has 4 N–H and O–H groups in total. The number of aromatic amines is 1. The number of nitrogens with one attached hydrogen (secondary N) is 1. The van der Waals surface area contributed by atoms with Crippen LogP contribution in [0.2, 0.25) is 0 Å². The van der Waals surface area contributed by atoms with Gasteiger partial charge in [0.1, 0.15) is 18.3 Å². The molecule has 2 heterocycles.